The maximum Gasteiger partial charge on any atom is 0.336 e. The number of benzene rings is 1. The Kier molecular flexibility index (Phi) is 4.20. The number of hydrogen-bond acceptors (Lipinski definition) is 5. The molecule has 2 aromatic rings. The molecule has 0 fully saturated rings. The van der Waals surface area contributed by atoms with Crippen molar-refractivity contribution in [2.45, 2.75) is 13.5 Å². The third-order valence-electron chi connectivity index (χ3n) is 3.05. The van der Waals surface area contributed by atoms with Gasteiger partial charge in [-0.1, -0.05) is 12.1 Å². The van der Waals surface area contributed by atoms with Gasteiger partial charge >= 0.3 is 11.6 Å². The summed E-state index contributed by atoms with van der Waals surface area (Å²) in [4.78, 5) is 24.6. The summed E-state index contributed by atoms with van der Waals surface area (Å²) in [5.41, 5.74) is 2.05. The summed E-state index contributed by atoms with van der Waals surface area (Å²) in [5, 5.41) is 0.881. The number of rotatable bonds is 4. The van der Waals surface area contributed by atoms with Gasteiger partial charge < -0.3 is 9.15 Å². The molecule has 0 aliphatic heterocycles. The number of methoxy groups -OCH3 is 1. The van der Waals surface area contributed by atoms with Gasteiger partial charge in [0.15, 0.2) is 0 Å². The van der Waals surface area contributed by atoms with Gasteiger partial charge in [0.1, 0.15) is 5.58 Å². The van der Waals surface area contributed by atoms with Crippen LogP contribution in [0.15, 0.2) is 33.5 Å². The fraction of sp³-hybridized carbons (Fsp3) is 0.333. The van der Waals surface area contributed by atoms with Crippen LogP contribution in [-0.2, 0) is 16.1 Å². The van der Waals surface area contributed by atoms with Crippen molar-refractivity contribution < 1.29 is 13.9 Å². The second-order valence-corrected chi connectivity index (χ2v) is 4.84. The largest absolute Gasteiger partial charge is 0.468 e. The number of esters is 1. The van der Waals surface area contributed by atoms with Crippen LogP contribution in [0.1, 0.15) is 11.1 Å². The van der Waals surface area contributed by atoms with E-state index in [1.807, 2.05) is 25.1 Å². The van der Waals surface area contributed by atoms with Crippen LogP contribution in [0.3, 0.4) is 0 Å². The maximum absolute atomic E-state index is 11.6. The number of carbonyl (C=O) groups is 1. The minimum Gasteiger partial charge on any atom is -0.468 e. The molecular weight excluding hydrogens is 258 g/mol. The van der Waals surface area contributed by atoms with Gasteiger partial charge in [-0.3, -0.25) is 9.69 Å². The summed E-state index contributed by atoms with van der Waals surface area (Å²) in [6.45, 7) is 2.58. The number of aryl methyl sites for hydroxylation is 1. The molecule has 0 radical (unpaired) electrons. The molecule has 106 valence electrons. The van der Waals surface area contributed by atoms with Crippen LogP contribution in [0.2, 0.25) is 0 Å². The van der Waals surface area contributed by atoms with Crippen LogP contribution < -0.4 is 5.63 Å². The monoisotopic (exact) mass is 275 g/mol. The highest BCUT2D eigenvalue weighted by Crippen LogP contribution is 2.19. The van der Waals surface area contributed by atoms with E-state index in [-0.39, 0.29) is 18.1 Å². The van der Waals surface area contributed by atoms with Crippen molar-refractivity contribution in [3.05, 3.63) is 45.8 Å². The summed E-state index contributed by atoms with van der Waals surface area (Å²) < 4.78 is 9.83. The Morgan fingerprint density at radius 3 is 2.80 bits per heavy atom. The quantitative estimate of drug-likeness (QED) is 0.628. The third kappa shape index (κ3) is 3.24. The Labute approximate surface area is 116 Å². The lowest BCUT2D eigenvalue weighted by atomic mass is 10.1. The van der Waals surface area contributed by atoms with Crippen molar-refractivity contribution in [3.8, 4) is 0 Å². The molecule has 0 saturated heterocycles. The van der Waals surface area contributed by atoms with Gasteiger partial charge in [-0.25, -0.2) is 4.79 Å². The van der Waals surface area contributed by atoms with Gasteiger partial charge in [0.25, 0.3) is 0 Å². The Balaban J connectivity index is 2.34. The minimum absolute atomic E-state index is 0.171. The van der Waals surface area contributed by atoms with E-state index in [0.29, 0.717) is 12.1 Å². The first-order valence-corrected chi connectivity index (χ1v) is 6.28. The van der Waals surface area contributed by atoms with Gasteiger partial charge in [-0.15, -0.1) is 0 Å². The highest BCUT2D eigenvalue weighted by atomic mass is 16.5. The number of hydrogen-bond donors (Lipinski definition) is 0. The molecule has 0 aliphatic rings. The van der Waals surface area contributed by atoms with E-state index in [4.69, 9.17) is 4.42 Å². The van der Waals surface area contributed by atoms with Crippen molar-refractivity contribution >= 4 is 16.9 Å². The summed E-state index contributed by atoms with van der Waals surface area (Å²) in [6, 6.07) is 7.19. The Bertz CT molecular complexity index is 690. The first-order valence-electron chi connectivity index (χ1n) is 6.28. The van der Waals surface area contributed by atoms with E-state index in [1.165, 1.54) is 13.2 Å². The Morgan fingerprint density at radius 2 is 2.10 bits per heavy atom. The van der Waals surface area contributed by atoms with Crippen LogP contribution in [0.4, 0.5) is 0 Å². The summed E-state index contributed by atoms with van der Waals surface area (Å²) in [5.74, 6) is -0.310. The Morgan fingerprint density at radius 1 is 1.35 bits per heavy atom. The molecule has 0 saturated carbocycles. The molecule has 0 N–H and O–H groups in total. The molecule has 0 aliphatic carbocycles. The van der Waals surface area contributed by atoms with E-state index in [9.17, 15) is 9.59 Å². The van der Waals surface area contributed by atoms with Gasteiger partial charge in [0.05, 0.1) is 13.7 Å². The van der Waals surface area contributed by atoms with Crippen molar-refractivity contribution in [3.63, 3.8) is 0 Å². The first kappa shape index (κ1) is 14.3. The number of carbonyl (C=O) groups excluding carboxylic acids is 1. The zero-order valence-electron chi connectivity index (χ0n) is 11.8. The predicted molar refractivity (Wildman–Crippen MR) is 75.6 cm³/mol. The zero-order valence-corrected chi connectivity index (χ0v) is 11.8. The zero-order chi connectivity index (χ0) is 14.7. The van der Waals surface area contributed by atoms with Gasteiger partial charge in [-0.2, -0.15) is 0 Å². The van der Waals surface area contributed by atoms with Crippen molar-refractivity contribution in [1.29, 1.82) is 0 Å². The molecule has 2 rings (SSSR count). The number of nitrogens with zero attached hydrogens (tertiary/aromatic N) is 1. The summed E-state index contributed by atoms with van der Waals surface area (Å²) in [6.07, 6.45) is 0. The molecule has 5 heteroatoms. The number of likely N-dealkylation sites (N-methyl/N-ethyl adjacent to an activating group) is 1. The van der Waals surface area contributed by atoms with Crippen LogP contribution in [0.5, 0.6) is 0 Å². The molecule has 5 nitrogen and oxygen atoms in total. The van der Waals surface area contributed by atoms with E-state index in [0.717, 1.165) is 16.5 Å². The summed E-state index contributed by atoms with van der Waals surface area (Å²) >= 11 is 0. The Hall–Kier alpha value is -2.14. The lowest BCUT2D eigenvalue weighted by molar-refractivity contribution is -0.141. The van der Waals surface area contributed by atoms with Crippen LogP contribution in [0.25, 0.3) is 11.0 Å². The van der Waals surface area contributed by atoms with Crippen LogP contribution >= 0.6 is 0 Å². The average Bonchev–Trinajstić information content (AvgIpc) is 2.37. The molecule has 1 aromatic carbocycles. The molecule has 1 heterocycles. The topological polar surface area (TPSA) is 59.8 Å². The smallest absolute Gasteiger partial charge is 0.336 e. The standard InChI is InChI=1S/C15H17NO4/c1-10-4-5-12-11(7-14(17)20-13(12)6-10)8-16(2)9-15(18)19-3/h4-7H,8-9H2,1-3H3. The molecule has 0 atom stereocenters. The lowest BCUT2D eigenvalue weighted by Gasteiger charge is -2.16. The van der Waals surface area contributed by atoms with E-state index in [1.54, 1.807) is 11.9 Å². The molecule has 0 spiro atoms. The summed E-state index contributed by atoms with van der Waals surface area (Å²) in [7, 11) is 3.15. The average molecular weight is 275 g/mol. The third-order valence-corrected chi connectivity index (χ3v) is 3.05. The van der Waals surface area contributed by atoms with Gasteiger partial charge in [0.2, 0.25) is 0 Å². The first-order chi connectivity index (χ1) is 9.49. The highest BCUT2D eigenvalue weighted by Gasteiger charge is 2.11. The molecule has 0 amide bonds. The van der Waals surface area contributed by atoms with E-state index < -0.39 is 0 Å². The normalized spacial score (nSPS) is 11.0. The van der Waals surface area contributed by atoms with Gasteiger partial charge in [0, 0.05) is 18.0 Å². The van der Waals surface area contributed by atoms with Crippen molar-refractivity contribution in [1.82, 2.24) is 4.90 Å². The minimum atomic E-state index is -0.385. The SMILES string of the molecule is COC(=O)CN(C)Cc1cc(=O)oc2cc(C)ccc12. The highest BCUT2D eigenvalue weighted by molar-refractivity contribution is 5.80. The van der Waals surface area contributed by atoms with Gasteiger partial charge in [-0.05, 0) is 31.2 Å². The molecule has 1 aromatic heterocycles. The number of ether oxygens (including phenoxy) is 1. The maximum atomic E-state index is 11.6. The molecule has 0 bridgehead atoms. The van der Waals surface area contributed by atoms with Crippen LogP contribution in [0, 0.1) is 6.92 Å². The predicted octanol–water partition coefficient (Wildman–Crippen LogP) is 1.71. The van der Waals surface area contributed by atoms with Crippen molar-refractivity contribution in [2.75, 3.05) is 20.7 Å². The molecular formula is C15H17NO4. The number of fused-ring (bicyclic) bond motifs is 1. The molecule has 20 heavy (non-hydrogen) atoms. The van der Waals surface area contributed by atoms with Crippen LogP contribution in [-0.4, -0.2) is 31.6 Å². The van der Waals surface area contributed by atoms with Crippen molar-refractivity contribution in [2.24, 2.45) is 0 Å². The molecule has 0 unspecified atom stereocenters. The second kappa shape index (κ2) is 5.88. The lowest BCUT2D eigenvalue weighted by Crippen LogP contribution is -2.26. The second-order valence-electron chi connectivity index (χ2n) is 4.84. The fourth-order valence-electron chi connectivity index (χ4n) is 2.10. The van der Waals surface area contributed by atoms with E-state index in [2.05, 4.69) is 4.74 Å². The fourth-order valence-corrected chi connectivity index (χ4v) is 2.10. The van der Waals surface area contributed by atoms with E-state index >= 15 is 0 Å².